The Kier molecular flexibility index (Phi) is 2.36. The van der Waals surface area contributed by atoms with E-state index in [1.807, 2.05) is 6.92 Å². The summed E-state index contributed by atoms with van der Waals surface area (Å²) in [6.07, 6.45) is 2.92. The van der Waals surface area contributed by atoms with Crippen LogP contribution in [0.2, 0.25) is 0 Å². The molecule has 86 valence electrons. The summed E-state index contributed by atoms with van der Waals surface area (Å²) in [7, 11) is 0. The van der Waals surface area contributed by atoms with Gasteiger partial charge < -0.3 is 5.21 Å². The SMILES string of the molecule is CC/C(=N\O)c1ccc2cccc3c2c1CC3. The highest BCUT2D eigenvalue weighted by Gasteiger charge is 2.19. The van der Waals surface area contributed by atoms with Gasteiger partial charge in [0.1, 0.15) is 0 Å². The fraction of sp³-hybridized carbons (Fsp3) is 0.267. The van der Waals surface area contributed by atoms with Crippen molar-refractivity contribution in [1.82, 2.24) is 0 Å². The van der Waals surface area contributed by atoms with Crippen molar-refractivity contribution in [3.8, 4) is 0 Å². The minimum Gasteiger partial charge on any atom is -0.411 e. The highest BCUT2D eigenvalue weighted by Crippen LogP contribution is 2.33. The van der Waals surface area contributed by atoms with Gasteiger partial charge >= 0.3 is 0 Å². The number of benzene rings is 2. The molecule has 0 aliphatic heterocycles. The molecule has 0 unspecified atom stereocenters. The van der Waals surface area contributed by atoms with Crippen LogP contribution in [0.4, 0.5) is 0 Å². The zero-order chi connectivity index (χ0) is 11.8. The van der Waals surface area contributed by atoms with Gasteiger partial charge in [-0.2, -0.15) is 0 Å². The summed E-state index contributed by atoms with van der Waals surface area (Å²) < 4.78 is 0. The van der Waals surface area contributed by atoms with Crippen LogP contribution >= 0.6 is 0 Å². The van der Waals surface area contributed by atoms with Crippen LogP contribution in [0.15, 0.2) is 35.5 Å². The lowest BCUT2D eigenvalue weighted by molar-refractivity contribution is 0.318. The second-order valence-corrected chi connectivity index (χ2v) is 4.51. The van der Waals surface area contributed by atoms with E-state index in [1.54, 1.807) is 0 Å². The van der Waals surface area contributed by atoms with Gasteiger partial charge in [0.25, 0.3) is 0 Å². The second-order valence-electron chi connectivity index (χ2n) is 4.51. The third-order valence-electron chi connectivity index (χ3n) is 3.65. The minimum atomic E-state index is 0.761. The van der Waals surface area contributed by atoms with Crippen LogP contribution in [0.25, 0.3) is 10.8 Å². The van der Waals surface area contributed by atoms with Crippen molar-refractivity contribution in [2.24, 2.45) is 5.16 Å². The lowest BCUT2D eigenvalue weighted by Gasteiger charge is -2.09. The van der Waals surface area contributed by atoms with Crippen LogP contribution in [0.1, 0.15) is 30.0 Å². The highest BCUT2D eigenvalue weighted by molar-refractivity contribution is 6.06. The molecule has 0 spiro atoms. The molecule has 0 fully saturated rings. The molecule has 0 bridgehead atoms. The maximum absolute atomic E-state index is 9.08. The van der Waals surface area contributed by atoms with Gasteiger partial charge in [-0.1, -0.05) is 42.4 Å². The molecule has 0 saturated heterocycles. The predicted octanol–water partition coefficient (Wildman–Crippen LogP) is 3.53. The van der Waals surface area contributed by atoms with Crippen LogP contribution < -0.4 is 0 Å². The molecule has 1 aliphatic carbocycles. The van der Waals surface area contributed by atoms with Crippen LogP contribution in [0.3, 0.4) is 0 Å². The Morgan fingerprint density at radius 3 is 2.88 bits per heavy atom. The molecule has 2 aromatic carbocycles. The summed E-state index contributed by atoms with van der Waals surface area (Å²) in [5.41, 5.74) is 4.69. The zero-order valence-corrected chi connectivity index (χ0v) is 9.90. The average molecular weight is 225 g/mol. The Balaban J connectivity index is 2.33. The van der Waals surface area contributed by atoms with E-state index in [-0.39, 0.29) is 0 Å². The van der Waals surface area contributed by atoms with Crippen LogP contribution in [0, 0.1) is 0 Å². The molecule has 0 aromatic heterocycles. The fourth-order valence-corrected chi connectivity index (χ4v) is 2.85. The first kappa shape index (κ1) is 10.3. The lowest BCUT2D eigenvalue weighted by Crippen LogP contribution is -2.03. The maximum atomic E-state index is 9.08. The number of hydrogen-bond acceptors (Lipinski definition) is 2. The molecule has 17 heavy (non-hydrogen) atoms. The zero-order valence-electron chi connectivity index (χ0n) is 9.90. The molecular formula is C15H15NO. The van der Waals surface area contributed by atoms with Gasteiger partial charge in [0, 0.05) is 5.56 Å². The number of rotatable bonds is 2. The molecule has 0 radical (unpaired) electrons. The Bertz CT molecular complexity index is 614. The van der Waals surface area contributed by atoms with E-state index in [0.29, 0.717) is 0 Å². The second kappa shape index (κ2) is 3.88. The first-order chi connectivity index (χ1) is 8.35. The molecule has 2 nitrogen and oxygen atoms in total. The third-order valence-corrected chi connectivity index (χ3v) is 3.65. The van der Waals surface area contributed by atoms with Crippen molar-refractivity contribution in [2.75, 3.05) is 0 Å². The monoisotopic (exact) mass is 225 g/mol. The van der Waals surface area contributed by atoms with Gasteiger partial charge in [-0.15, -0.1) is 0 Å². The first-order valence-corrected chi connectivity index (χ1v) is 6.10. The summed E-state index contributed by atoms with van der Waals surface area (Å²) >= 11 is 0. The van der Waals surface area contributed by atoms with Gasteiger partial charge in [-0.25, -0.2) is 0 Å². The topological polar surface area (TPSA) is 32.6 Å². The van der Waals surface area contributed by atoms with E-state index in [1.165, 1.54) is 21.9 Å². The van der Waals surface area contributed by atoms with Crippen LogP contribution in [-0.2, 0) is 12.8 Å². The smallest absolute Gasteiger partial charge is 0.0868 e. The summed E-state index contributed by atoms with van der Waals surface area (Å²) in [4.78, 5) is 0. The van der Waals surface area contributed by atoms with Crippen molar-refractivity contribution in [1.29, 1.82) is 0 Å². The first-order valence-electron chi connectivity index (χ1n) is 6.10. The average Bonchev–Trinajstić information content (AvgIpc) is 2.80. The van der Waals surface area contributed by atoms with E-state index in [4.69, 9.17) is 5.21 Å². The van der Waals surface area contributed by atoms with Crippen molar-refractivity contribution < 1.29 is 5.21 Å². The van der Waals surface area contributed by atoms with Crippen molar-refractivity contribution >= 4 is 16.5 Å². The van der Waals surface area contributed by atoms with Crippen LogP contribution in [0.5, 0.6) is 0 Å². The highest BCUT2D eigenvalue weighted by atomic mass is 16.4. The molecule has 3 rings (SSSR count). The number of oxime groups is 1. The van der Waals surface area contributed by atoms with E-state index < -0.39 is 0 Å². The molecule has 0 amide bonds. The molecule has 2 heteroatoms. The third kappa shape index (κ3) is 1.44. The van der Waals surface area contributed by atoms with Crippen LogP contribution in [-0.4, -0.2) is 10.9 Å². The minimum absolute atomic E-state index is 0.761. The molecule has 1 N–H and O–H groups in total. The predicted molar refractivity (Wildman–Crippen MR) is 70.0 cm³/mol. The van der Waals surface area contributed by atoms with Gasteiger partial charge in [-0.05, 0) is 41.2 Å². The molecule has 0 saturated carbocycles. The Labute approximate surface area is 101 Å². The van der Waals surface area contributed by atoms with Crippen molar-refractivity contribution in [3.05, 3.63) is 47.0 Å². The van der Waals surface area contributed by atoms with E-state index in [2.05, 4.69) is 35.5 Å². The van der Waals surface area contributed by atoms with Gasteiger partial charge in [0.15, 0.2) is 0 Å². The van der Waals surface area contributed by atoms with E-state index in [0.717, 1.165) is 30.5 Å². The number of hydrogen-bond donors (Lipinski definition) is 1. The fourth-order valence-electron chi connectivity index (χ4n) is 2.85. The van der Waals surface area contributed by atoms with Crippen molar-refractivity contribution in [2.45, 2.75) is 26.2 Å². The maximum Gasteiger partial charge on any atom is 0.0868 e. The summed E-state index contributed by atoms with van der Waals surface area (Å²) in [6.45, 7) is 2.02. The summed E-state index contributed by atoms with van der Waals surface area (Å²) in [5, 5.41) is 15.2. The number of nitrogens with zero attached hydrogens (tertiary/aromatic N) is 1. The summed E-state index contributed by atoms with van der Waals surface area (Å²) in [6, 6.07) is 10.7. The Morgan fingerprint density at radius 1 is 1.24 bits per heavy atom. The van der Waals surface area contributed by atoms with Crippen molar-refractivity contribution in [3.63, 3.8) is 0 Å². The molecule has 1 aliphatic rings. The van der Waals surface area contributed by atoms with Gasteiger partial charge in [0.05, 0.1) is 5.71 Å². The quantitative estimate of drug-likeness (QED) is 0.473. The lowest BCUT2D eigenvalue weighted by atomic mass is 9.96. The van der Waals surface area contributed by atoms with Gasteiger partial charge in [-0.3, -0.25) is 0 Å². The van der Waals surface area contributed by atoms with Gasteiger partial charge in [0.2, 0.25) is 0 Å². The van der Waals surface area contributed by atoms with E-state index in [9.17, 15) is 0 Å². The molecule has 0 atom stereocenters. The standard InChI is InChI=1S/C15H15NO/c1-2-14(16-17)12-8-6-10-4-3-5-11-7-9-13(12)15(10)11/h3-6,8,17H,2,7,9H2,1H3/b16-14+. The summed E-state index contributed by atoms with van der Waals surface area (Å²) in [5.74, 6) is 0. The normalized spacial score (nSPS) is 14.5. The Hall–Kier alpha value is -1.83. The molecular weight excluding hydrogens is 210 g/mol. The largest absolute Gasteiger partial charge is 0.411 e. The van der Waals surface area contributed by atoms with E-state index >= 15 is 0 Å². The Morgan fingerprint density at radius 2 is 2.12 bits per heavy atom. The molecule has 0 heterocycles. The molecule has 2 aromatic rings. The number of aryl methyl sites for hydroxylation is 2.